The van der Waals surface area contributed by atoms with Gasteiger partial charge in [0.05, 0.1) is 18.2 Å². The fourth-order valence-corrected chi connectivity index (χ4v) is 6.68. The van der Waals surface area contributed by atoms with Crippen LogP contribution in [0.25, 0.3) is 5.76 Å². The van der Waals surface area contributed by atoms with Crippen LogP contribution in [0.1, 0.15) is 42.5 Å². The molecule has 4 aromatic rings. The predicted octanol–water partition coefficient (Wildman–Crippen LogP) is 6.55. The number of aromatic nitrogens is 2. The lowest BCUT2D eigenvalue weighted by atomic mass is 9.95. The van der Waals surface area contributed by atoms with Gasteiger partial charge in [-0.3, -0.25) is 14.5 Å². The van der Waals surface area contributed by atoms with Crippen molar-refractivity contribution >= 4 is 45.7 Å². The molecule has 9 nitrogen and oxygen atoms in total. The van der Waals surface area contributed by atoms with Crippen molar-refractivity contribution in [3.63, 3.8) is 0 Å². The summed E-state index contributed by atoms with van der Waals surface area (Å²) in [6.07, 6.45) is 1.91. The van der Waals surface area contributed by atoms with Gasteiger partial charge in [-0.05, 0) is 60.0 Å². The first-order valence-electron chi connectivity index (χ1n) is 14.1. The summed E-state index contributed by atoms with van der Waals surface area (Å²) < 4.78 is 30.9. The lowest BCUT2D eigenvalue weighted by Crippen LogP contribution is -2.29. The molecule has 6 rings (SSSR count). The maximum Gasteiger partial charge on any atom is 0.301 e. The van der Waals surface area contributed by atoms with Gasteiger partial charge in [0.15, 0.2) is 15.8 Å². The van der Waals surface area contributed by atoms with Crippen molar-refractivity contribution in [2.75, 3.05) is 24.7 Å². The molecule has 0 bridgehead atoms. The number of carbonyl (C=O) groups is 2. The number of unbranched alkanes of at least 4 members (excludes halogenated alkanes) is 1. The monoisotopic (exact) mass is 633 g/mol. The third-order valence-electron chi connectivity index (χ3n) is 7.10. The average molecular weight is 634 g/mol. The van der Waals surface area contributed by atoms with Crippen molar-refractivity contribution in [3.05, 3.63) is 94.8 Å². The normalized spacial score (nSPS) is 17.2. The number of rotatable bonds is 10. The molecular formula is C32H28FN3O6S2. The molecule has 1 amide bonds. The highest BCUT2D eigenvalue weighted by molar-refractivity contribution is 8.00. The molecule has 12 heteroatoms. The number of anilines is 1. The van der Waals surface area contributed by atoms with E-state index in [1.807, 2.05) is 0 Å². The zero-order valence-corrected chi connectivity index (χ0v) is 25.3. The number of aliphatic hydroxyl groups is 1. The number of amides is 1. The van der Waals surface area contributed by atoms with Gasteiger partial charge in [0.2, 0.25) is 5.13 Å². The summed E-state index contributed by atoms with van der Waals surface area (Å²) in [6, 6.07) is 17.2. The Hall–Kier alpha value is -4.42. The number of nitrogens with zero attached hydrogens (tertiary/aromatic N) is 3. The molecule has 2 aliphatic heterocycles. The summed E-state index contributed by atoms with van der Waals surface area (Å²) in [4.78, 5) is 28.5. The van der Waals surface area contributed by atoms with Crippen LogP contribution in [0, 0.1) is 5.82 Å². The van der Waals surface area contributed by atoms with Gasteiger partial charge in [0.25, 0.3) is 5.78 Å². The van der Waals surface area contributed by atoms with E-state index in [2.05, 4.69) is 17.1 Å². The van der Waals surface area contributed by atoms with Crippen LogP contribution in [-0.2, 0) is 15.3 Å². The zero-order chi connectivity index (χ0) is 30.6. The van der Waals surface area contributed by atoms with E-state index in [4.69, 9.17) is 14.2 Å². The summed E-state index contributed by atoms with van der Waals surface area (Å²) in [7, 11) is 0. The second-order valence-electron chi connectivity index (χ2n) is 10.1. The fraction of sp³-hybridized carbons (Fsp3) is 0.250. The van der Waals surface area contributed by atoms with Crippen molar-refractivity contribution in [1.82, 2.24) is 10.2 Å². The second kappa shape index (κ2) is 13.1. The van der Waals surface area contributed by atoms with Gasteiger partial charge in [-0.15, -0.1) is 10.2 Å². The summed E-state index contributed by atoms with van der Waals surface area (Å²) in [5.41, 5.74) is 1.71. The highest BCUT2D eigenvalue weighted by atomic mass is 32.2. The zero-order valence-electron chi connectivity index (χ0n) is 23.7. The molecule has 0 spiro atoms. The molecule has 0 saturated carbocycles. The van der Waals surface area contributed by atoms with E-state index in [0.29, 0.717) is 58.3 Å². The van der Waals surface area contributed by atoms with Crippen LogP contribution in [0.3, 0.4) is 0 Å². The van der Waals surface area contributed by atoms with Gasteiger partial charge in [0.1, 0.15) is 30.5 Å². The van der Waals surface area contributed by atoms with Gasteiger partial charge >= 0.3 is 5.91 Å². The molecule has 226 valence electrons. The first kappa shape index (κ1) is 29.6. The smallest absolute Gasteiger partial charge is 0.301 e. The van der Waals surface area contributed by atoms with Crippen LogP contribution in [0.4, 0.5) is 9.52 Å². The van der Waals surface area contributed by atoms with Gasteiger partial charge in [-0.1, -0.05) is 60.7 Å². The van der Waals surface area contributed by atoms with E-state index in [1.165, 1.54) is 28.8 Å². The Balaban J connectivity index is 1.36. The molecule has 1 saturated heterocycles. The number of ketones is 1. The third-order valence-corrected chi connectivity index (χ3v) is 9.23. The molecule has 3 aromatic carbocycles. The van der Waals surface area contributed by atoms with Crippen molar-refractivity contribution in [3.8, 4) is 17.2 Å². The standard InChI is InChI=1S/C32H28FN3O6S2/c1-2-3-14-40-23-11-6-20(7-12-23)27-26(28(37)21-8-13-24-25(17-21)42-16-15-41-24)29(38)30(39)36(27)31-34-35-32(44-31)43-18-19-4-9-22(33)10-5-19/h4-13,17,27,37H,2-3,14-16,18H2,1H3/b28-26+. The Morgan fingerprint density at radius 3 is 2.55 bits per heavy atom. The van der Waals surface area contributed by atoms with Crippen LogP contribution in [-0.4, -0.2) is 46.8 Å². The molecule has 1 aromatic heterocycles. The molecule has 2 aliphatic rings. The number of Topliss-reactive ketones (excluding diaryl/α,β-unsaturated/α-hetero) is 1. The molecule has 0 aliphatic carbocycles. The molecule has 1 fully saturated rings. The van der Waals surface area contributed by atoms with Crippen LogP contribution >= 0.6 is 23.1 Å². The Kier molecular flexibility index (Phi) is 8.80. The number of hydrogen-bond donors (Lipinski definition) is 1. The van der Waals surface area contributed by atoms with Crippen molar-refractivity contribution in [1.29, 1.82) is 0 Å². The molecule has 1 N–H and O–H groups in total. The fourth-order valence-electron chi connectivity index (χ4n) is 4.86. The van der Waals surface area contributed by atoms with Crippen LogP contribution in [0.15, 0.2) is 76.6 Å². The topological polar surface area (TPSA) is 111 Å². The van der Waals surface area contributed by atoms with Gasteiger partial charge in [-0.2, -0.15) is 0 Å². The van der Waals surface area contributed by atoms with Crippen LogP contribution < -0.4 is 19.1 Å². The number of aliphatic hydroxyl groups excluding tert-OH is 1. The lowest BCUT2D eigenvalue weighted by molar-refractivity contribution is -0.132. The van der Waals surface area contributed by atoms with Gasteiger partial charge < -0.3 is 19.3 Å². The molecule has 0 radical (unpaired) electrons. The minimum atomic E-state index is -0.976. The third kappa shape index (κ3) is 6.13. The minimum absolute atomic E-state index is 0.0814. The Morgan fingerprint density at radius 1 is 1.05 bits per heavy atom. The van der Waals surface area contributed by atoms with E-state index < -0.39 is 17.7 Å². The van der Waals surface area contributed by atoms with Crippen LogP contribution in [0.2, 0.25) is 0 Å². The highest BCUT2D eigenvalue weighted by Crippen LogP contribution is 2.45. The maximum atomic E-state index is 13.6. The summed E-state index contributed by atoms with van der Waals surface area (Å²) in [5, 5.41) is 20.2. The number of ether oxygens (including phenoxy) is 3. The van der Waals surface area contributed by atoms with E-state index in [0.717, 1.165) is 29.7 Å². The molecule has 44 heavy (non-hydrogen) atoms. The number of fused-ring (bicyclic) bond motifs is 1. The van der Waals surface area contributed by atoms with E-state index in [-0.39, 0.29) is 22.3 Å². The van der Waals surface area contributed by atoms with E-state index in [9.17, 15) is 19.1 Å². The minimum Gasteiger partial charge on any atom is -0.507 e. The Labute approximate surface area is 261 Å². The van der Waals surface area contributed by atoms with Crippen molar-refractivity contribution in [2.24, 2.45) is 0 Å². The Morgan fingerprint density at radius 2 is 1.80 bits per heavy atom. The number of benzene rings is 3. The number of thioether (sulfide) groups is 1. The molecular weight excluding hydrogens is 605 g/mol. The van der Waals surface area contributed by atoms with Gasteiger partial charge in [0, 0.05) is 11.3 Å². The van der Waals surface area contributed by atoms with Crippen molar-refractivity contribution < 1.29 is 33.3 Å². The lowest BCUT2D eigenvalue weighted by Gasteiger charge is -2.23. The summed E-state index contributed by atoms with van der Waals surface area (Å²) in [5.74, 6) is -0.197. The number of hydrogen-bond acceptors (Lipinski definition) is 10. The van der Waals surface area contributed by atoms with Crippen molar-refractivity contribution in [2.45, 2.75) is 35.9 Å². The number of carbonyl (C=O) groups excluding carboxylic acids is 2. The first-order valence-corrected chi connectivity index (χ1v) is 15.9. The molecule has 1 atom stereocenters. The number of halogens is 1. The summed E-state index contributed by atoms with van der Waals surface area (Å²) in [6.45, 7) is 3.42. The maximum absolute atomic E-state index is 13.6. The summed E-state index contributed by atoms with van der Waals surface area (Å²) >= 11 is 2.54. The quantitative estimate of drug-likeness (QED) is 0.0519. The highest BCUT2D eigenvalue weighted by Gasteiger charge is 2.48. The average Bonchev–Trinajstić information content (AvgIpc) is 3.62. The second-order valence-corrected chi connectivity index (χ2v) is 12.2. The molecule has 3 heterocycles. The largest absolute Gasteiger partial charge is 0.507 e. The van der Waals surface area contributed by atoms with E-state index in [1.54, 1.807) is 54.6 Å². The predicted molar refractivity (Wildman–Crippen MR) is 165 cm³/mol. The Bertz CT molecular complexity index is 1710. The first-order chi connectivity index (χ1) is 21.4. The van der Waals surface area contributed by atoms with Crippen LogP contribution in [0.5, 0.6) is 17.2 Å². The molecule has 1 unspecified atom stereocenters. The SMILES string of the molecule is CCCCOc1ccc(C2/C(=C(\O)c3ccc4c(c3)OCCO4)C(=O)C(=O)N2c2nnc(SCc3ccc(F)cc3)s2)cc1. The van der Waals surface area contributed by atoms with E-state index >= 15 is 0 Å². The van der Waals surface area contributed by atoms with Gasteiger partial charge in [-0.25, -0.2) is 4.39 Å².